The third-order valence-electron chi connectivity index (χ3n) is 5.72. The lowest BCUT2D eigenvalue weighted by molar-refractivity contribution is 0.0994. The van der Waals surface area contributed by atoms with Crippen LogP contribution < -0.4 is 0 Å². The van der Waals surface area contributed by atoms with Gasteiger partial charge in [-0.2, -0.15) is 0 Å². The van der Waals surface area contributed by atoms with Crippen LogP contribution in [0.4, 0.5) is 0 Å². The van der Waals surface area contributed by atoms with Crippen LogP contribution in [0.5, 0.6) is 0 Å². The summed E-state index contributed by atoms with van der Waals surface area (Å²) in [4.78, 5) is 17.1. The number of hydrogen-bond acceptors (Lipinski definition) is 5. The van der Waals surface area contributed by atoms with Gasteiger partial charge in [-0.25, -0.2) is 0 Å². The molecule has 2 aromatic heterocycles. The zero-order valence-corrected chi connectivity index (χ0v) is 19.1. The number of Topliss-reactive ketones (excluding diaryl/α,β-unsaturated/α-hetero) is 1. The standard InChI is InChI=1S/C25H30N4OS/c1-3-4-5-6-7-19-8-10-20(11-9-19)23(30)18(2)31-25-28-27-24(29(25)22-12-13-22)21-14-16-26-17-15-21/h8-11,14-18,22H,3-7,12-13H2,1-2H3/t18-/m1/s1. The van der Waals surface area contributed by atoms with Crippen molar-refractivity contribution in [1.82, 2.24) is 19.7 Å². The van der Waals surface area contributed by atoms with Crippen LogP contribution in [0.25, 0.3) is 11.4 Å². The number of aryl methyl sites for hydroxylation is 1. The highest BCUT2D eigenvalue weighted by molar-refractivity contribution is 8.00. The molecule has 1 aliphatic rings. The van der Waals surface area contributed by atoms with Crippen molar-refractivity contribution in [2.24, 2.45) is 0 Å². The molecule has 3 aromatic rings. The van der Waals surface area contributed by atoms with Gasteiger partial charge in [-0.1, -0.05) is 62.2 Å². The van der Waals surface area contributed by atoms with Crippen LogP contribution >= 0.6 is 11.8 Å². The maximum absolute atomic E-state index is 13.0. The fourth-order valence-corrected chi connectivity index (χ4v) is 4.75. The summed E-state index contributed by atoms with van der Waals surface area (Å²) in [6.07, 6.45) is 11.9. The number of ketones is 1. The summed E-state index contributed by atoms with van der Waals surface area (Å²) in [6, 6.07) is 12.5. The lowest BCUT2D eigenvalue weighted by Gasteiger charge is -2.13. The van der Waals surface area contributed by atoms with E-state index in [0.29, 0.717) is 6.04 Å². The first-order valence-electron chi connectivity index (χ1n) is 11.3. The van der Waals surface area contributed by atoms with Crippen molar-refractivity contribution < 1.29 is 4.79 Å². The predicted molar refractivity (Wildman–Crippen MR) is 125 cm³/mol. The first-order chi connectivity index (χ1) is 15.2. The zero-order valence-electron chi connectivity index (χ0n) is 18.3. The summed E-state index contributed by atoms with van der Waals surface area (Å²) in [5.41, 5.74) is 3.09. The molecule has 5 nitrogen and oxygen atoms in total. The van der Waals surface area contributed by atoms with E-state index in [1.54, 1.807) is 12.4 Å². The third kappa shape index (κ3) is 5.42. The van der Waals surface area contributed by atoms with Crippen molar-refractivity contribution in [2.45, 2.75) is 75.2 Å². The quantitative estimate of drug-likeness (QED) is 0.205. The minimum Gasteiger partial charge on any atom is -0.299 e. The van der Waals surface area contributed by atoms with Gasteiger partial charge in [0.1, 0.15) is 0 Å². The summed E-state index contributed by atoms with van der Waals surface area (Å²) < 4.78 is 2.20. The summed E-state index contributed by atoms with van der Waals surface area (Å²) in [5, 5.41) is 9.48. The number of hydrogen-bond donors (Lipinski definition) is 0. The largest absolute Gasteiger partial charge is 0.299 e. The second kappa shape index (κ2) is 10.2. The molecule has 0 bridgehead atoms. The lowest BCUT2D eigenvalue weighted by atomic mass is 10.0. The molecule has 0 saturated heterocycles. The Balaban J connectivity index is 1.43. The lowest BCUT2D eigenvalue weighted by Crippen LogP contribution is -2.15. The van der Waals surface area contributed by atoms with Gasteiger partial charge in [-0.15, -0.1) is 10.2 Å². The smallest absolute Gasteiger partial charge is 0.192 e. The zero-order chi connectivity index (χ0) is 21.6. The summed E-state index contributed by atoms with van der Waals surface area (Å²) in [5.74, 6) is 0.998. The normalized spacial score (nSPS) is 14.5. The summed E-state index contributed by atoms with van der Waals surface area (Å²) in [6.45, 7) is 4.19. The van der Waals surface area contributed by atoms with E-state index in [4.69, 9.17) is 0 Å². The van der Waals surface area contributed by atoms with Gasteiger partial charge >= 0.3 is 0 Å². The average molecular weight is 435 g/mol. The molecule has 0 spiro atoms. The number of thioether (sulfide) groups is 1. The van der Waals surface area contributed by atoms with Crippen molar-refractivity contribution in [3.8, 4) is 11.4 Å². The molecule has 0 amide bonds. The van der Waals surface area contributed by atoms with Gasteiger partial charge in [-0.05, 0) is 50.3 Å². The van der Waals surface area contributed by atoms with Gasteiger partial charge in [0, 0.05) is 29.6 Å². The van der Waals surface area contributed by atoms with Crippen molar-refractivity contribution in [3.05, 3.63) is 59.9 Å². The number of rotatable bonds is 11. The molecule has 1 atom stereocenters. The minimum absolute atomic E-state index is 0.137. The fourth-order valence-electron chi connectivity index (χ4n) is 3.76. The number of benzene rings is 1. The highest BCUT2D eigenvalue weighted by atomic mass is 32.2. The minimum atomic E-state index is -0.220. The predicted octanol–water partition coefficient (Wildman–Crippen LogP) is 6.16. The summed E-state index contributed by atoms with van der Waals surface area (Å²) in [7, 11) is 0. The molecule has 31 heavy (non-hydrogen) atoms. The van der Waals surface area contributed by atoms with E-state index in [9.17, 15) is 4.79 Å². The fraction of sp³-hybridized carbons (Fsp3) is 0.440. The van der Waals surface area contributed by atoms with Crippen LogP contribution in [0.3, 0.4) is 0 Å². The van der Waals surface area contributed by atoms with Crippen LogP contribution in [0.1, 0.15) is 74.3 Å². The Labute approximate surface area is 188 Å². The summed E-state index contributed by atoms with van der Waals surface area (Å²) >= 11 is 1.50. The number of carbonyl (C=O) groups is 1. The van der Waals surface area contributed by atoms with Gasteiger partial charge in [0.15, 0.2) is 16.8 Å². The van der Waals surface area contributed by atoms with Crippen molar-refractivity contribution in [2.75, 3.05) is 0 Å². The highest BCUT2D eigenvalue weighted by Gasteiger charge is 2.31. The number of unbranched alkanes of at least 4 members (excludes halogenated alkanes) is 3. The van der Waals surface area contributed by atoms with Gasteiger partial charge in [-0.3, -0.25) is 14.3 Å². The molecule has 0 unspecified atom stereocenters. The topological polar surface area (TPSA) is 60.7 Å². The first kappa shape index (κ1) is 21.8. The molecule has 162 valence electrons. The van der Waals surface area contributed by atoms with E-state index in [1.165, 1.54) is 43.0 Å². The molecule has 4 rings (SSSR count). The molecular weight excluding hydrogens is 404 g/mol. The molecule has 6 heteroatoms. The molecule has 1 aromatic carbocycles. The van der Waals surface area contributed by atoms with Gasteiger partial charge < -0.3 is 0 Å². The monoisotopic (exact) mass is 434 g/mol. The third-order valence-corrected chi connectivity index (χ3v) is 6.78. The Bertz CT molecular complexity index is 996. The average Bonchev–Trinajstić information content (AvgIpc) is 3.57. The van der Waals surface area contributed by atoms with Crippen LogP contribution in [0.2, 0.25) is 0 Å². The maximum Gasteiger partial charge on any atom is 0.192 e. The molecule has 2 heterocycles. The Morgan fingerprint density at radius 2 is 1.81 bits per heavy atom. The van der Waals surface area contributed by atoms with Crippen LogP contribution in [-0.2, 0) is 6.42 Å². The second-order valence-corrected chi connectivity index (χ2v) is 9.58. The molecular formula is C25H30N4OS. The molecule has 0 aliphatic heterocycles. The molecule has 0 N–H and O–H groups in total. The van der Waals surface area contributed by atoms with E-state index in [2.05, 4.69) is 38.8 Å². The highest BCUT2D eigenvalue weighted by Crippen LogP contribution is 2.41. The number of nitrogens with zero attached hydrogens (tertiary/aromatic N) is 4. The van der Waals surface area contributed by atoms with Gasteiger partial charge in [0.05, 0.1) is 5.25 Å². The van der Waals surface area contributed by atoms with E-state index in [0.717, 1.165) is 41.4 Å². The van der Waals surface area contributed by atoms with Gasteiger partial charge in [0.2, 0.25) is 0 Å². The Morgan fingerprint density at radius 3 is 2.48 bits per heavy atom. The molecule has 0 radical (unpaired) electrons. The van der Waals surface area contributed by atoms with Crippen LogP contribution in [-0.4, -0.2) is 30.8 Å². The van der Waals surface area contributed by atoms with E-state index < -0.39 is 0 Å². The van der Waals surface area contributed by atoms with Crippen LogP contribution in [0, 0.1) is 0 Å². The molecule has 1 saturated carbocycles. The molecule has 1 fully saturated rings. The Morgan fingerprint density at radius 1 is 1.06 bits per heavy atom. The second-order valence-electron chi connectivity index (χ2n) is 8.28. The van der Waals surface area contributed by atoms with E-state index in [-0.39, 0.29) is 11.0 Å². The first-order valence-corrected chi connectivity index (χ1v) is 12.2. The van der Waals surface area contributed by atoms with Gasteiger partial charge in [0.25, 0.3) is 0 Å². The van der Waals surface area contributed by atoms with E-state index >= 15 is 0 Å². The Hall–Kier alpha value is -2.47. The van der Waals surface area contributed by atoms with Crippen LogP contribution in [0.15, 0.2) is 53.9 Å². The Kier molecular flexibility index (Phi) is 7.17. The van der Waals surface area contributed by atoms with Crippen molar-refractivity contribution in [3.63, 3.8) is 0 Å². The van der Waals surface area contributed by atoms with E-state index in [1.807, 2.05) is 31.2 Å². The molecule has 1 aliphatic carbocycles. The number of carbonyl (C=O) groups excluding carboxylic acids is 1. The number of aromatic nitrogens is 4. The number of pyridine rings is 1. The maximum atomic E-state index is 13.0. The van der Waals surface area contributed by atoms with Crippen molar-refractivity contribution >= 4 is 17.5 Å². The van der Waals surface area contributed by atoms with Crippen molar-refractivity contribution in [1.29, 1.82) is 0 Å². The SMILES string of the molecule is CCCCCCc1ccc(C(=O)[C@@H](C)Sc2nnc(-c3ccncc3)n2C2CC2)cc1.